The van der Waals surface area contributed by atoms with Crippen LogP contribution in [0.1, 0.15) is 26.7 Å². The summed E-state index contributed by atoms with van der Waals surface area (Å²) in [6.45, 7) is 4.43. The van der Waals surface area contributed by atoms with E-state index in [2.05, 4.69) is 5.32 Å². The molecule has 7 nitrogen and oxygen atoms in total. The number of amides is 3. The first-order valence-corrected chi connectivity index (χ1v) is 7.24. The number of nitrogens with zero attached hydrogens (tertiary/aromatic N) is 2. The fraction of sp³-hybridized carbons (Fsp3) is 0.786. The fourth-order valence-electron chi connectivity index (χ4n) is 2.64. The second-order valence-corrected chi connectivity index (χ2v) is 5.86. The minimum atomic E-state index is -0.970. The van der Waals surface area contributed by atoms with Crippen molar-refractivity contribution < 1.29 is 19.5 Å². The number of aliphatic carboxylic acids is 1. The van der Waals surface area contributed by atoms with Crippen molar-refractivity contribution in [2.75, 3.05) is 27.2 Å². The molecule has 0 aromatic carbocycles. The highest BCUT2D eigenvalue weighted by Gasteiger charge is 2.36. The van der Waals surface area contributed by atoms with Crippen LogP contribution in [0, 0.1) is 11.8 Å². The van der Waals surface area contributed by atoms with Crippen molar-refractivity contribution in [2.24, 2.45) is 11.8 Å². The summed E-state index contributed by atoms with van der Waals surface area (Å²) in [7, 11) is 3.14. The minimum Gasteiger partial charge on any atom is -0.480 e. The highest BCUT2D eigenvalue weighted by molar-refractivity contribution is 5.83. The molecule has 0 aliphatic carbocycles. The highest BCUT2D eigenvalue weighted by Crippen LogP contribution is 2.23. The molecule has 2 N–H and O–H groups in total. The average molecular weight is 299 g/mol. The molecule has 0 bridgehead atoms. The maximum absolute atomic E-state index is 12.4. The van der Waals surface area contributed by atoms with Gasteiger partial charge in [0.15, 0.2) is 0 Å². The number of nitrogens with one attached hydrogen (secondary N) is 1. The third-order valence-electron chi connectivity index (χ3n) is 3.96. The van der Waals surface area contributed by atoms with E-state index in [0.29, 0.717) is 18.9 Å². The molecule has 7 heteroatoms. The van der Waals surface area contributed by atoms with E-state index in [9.17, 15) is 19.5 Å². The number of hydrogen-bond donors (Lipinski definition) is 2. The first kappa shape index (κ1) is 17.3. The Balaban J connectivity index is 2.71. The van der Waals surface area contributed by atoms with Gasteiger partial charge in [-0.1, -0.05) is 13.8 Å². The smallest absolute Gasteiger partial charge is 0.326 e. The highest BCUT2D eigenvalue weighted by atomic mass is 16.4. The van der Waals surface area contributed by atoms with Gasteiger partial charge in [-0.15, -0.1) is 0 Å². The second-order valence-electron chi connectivity index (χ2n) is 5.86. The number of piperidine rings is 1. The number of urea groups is 1. The van der Waals surface area contributed by atoms with Gasteiger partial charge in [-0.25, -0.2) is 9.59 Å². The molecular weight excluding hydrogens is 274 g/mol. The van der Waals surface area contributed by atoms with Gasteiger partial charge < -0.3 is 20.2 Å². The molecule has 0 spiro atoms. The summed E-state index contributed by atoms with van der Waals surface area (Å²) in [6, 6.07) is -1.11. The lowest BCUT2D eigenvalue weighted by molar-refractivity contribution is -0.144. The number of carboxylic acids is 1. The van der Waals surface area contributed by atoms with E-state index < -0.39 is 12.0 Å². The maximum atomic E-state index is 12.4. The van der Waals surface area contributed by atoms with Crippen LogP contribution in [-0.4, -0.2) is 66.0 Å². The molecule has 1 heterocycles. The zero-order valence-electron chi connectivity index (χ0n) is 13.1. The first-order valence-electron chi connectivity index (χ1n) is 7.24. The van der Waals surface area contributed by atoms with Crippen molar-refractivity contribution in [3.63, 3.8) is 0 Å². The summed E-state index contributed by atoms with van der Waals surface area (Å²) in [4.78, 5) is 38.1. The van der Waals surface area contributed by atoms with E-state index in [1.807, 2.05) is 6.92 Å². The topological polar surface area (TPSA) is 90.0 Å². The van der Waals surface area contributed by atoms with Crippen LogP contribution in [0.4, 0.5) is 4.79 Å². The Morgan fingerprint density at radius 3 is 2.57 bits per heavy atom. The average Bonchev–Trinajstić information content (AvgIpc) is 2.45. The fourth-order valence-corrected chi connectivity index (χ4v) is 2.64. The number of carbonyl (C=O) groups excluding carboxylic acids is 2. The molecule has 3 unspecified atom stereocenters. The van der Waals surface area contributed by atoms with Gasteiger partial charge in [0.1, 0.15) is 6.04 Å². The van der Waals surface area contributed by atoms with Crippen LogP contribution < -0.4 is 5.32 Å². The minimum absolute atomic E-state index is 0.142. The summed E-state index contributed by atoms with van der Waals surface area (Å²) < 4.78 is 0. The predicted molar refractivity (Wildman–Crippen MR) is 77.8 cm³/mol. The van der Waals surface area contributed by atoms with Crippen molar-refractivity contribution >= 4 is 17.9 Å². The molecule has 120 valence electrons. The van der Waals surface area contributed by atoms with Gasteiger partial charge in [0.2, 0.25) is 5.91 Å². The Bertz CT molecular complexity index is 413. The lowest BCUT2D eigenvalue weighted by Crippen LogP contribution is -2.54. The number of rotatable bonds is 4. The normalized spacial score (nSPS) is 23.3. The Morgan fingerprint density at radius 1 is 1.43 bits per heavy atom. The third-order valence-corrected chi connectivity index (χ3v) is 3.96. The summed E-state index contributed by atoms with van der Waals surface area (Å²) in [5, 5.41) is 11.8. The van der Waals surface area contributed by atoms with Gasteiger partial charge in [0.05, 0.1) is 5.92 Å². The van der Waals surface area contributed by atoms with Crippen molar-refractivity contribution in [2.45, 2.75) is 32.7 Å². The van der Waals surface area contributed by atoms with Crippen LogP contribution in [0.3, 0.4) is 0 Å². The van der Waals surface area contributed by atoms with Crippen molar-refractivity contribution in [1.29, 1.82) is 0 Å². The summed E-state index contributed by atoms with van der Waals surface area (Å²) in [5.74, 6) is -1.15. The monoisotopic (exact) mass is 299 g/mol. The van der Waals surface area contributed by atoms with E-state index in [1.165, 1.54) is 9.80 Å². The Hall–Kier alpha value is -1.79. The van der Waals surface area contributed by atoms with Crippen LogP contribution in [0.5, 0.6) is 0 Å². The van der Waals surface area contributed by atoms with E-state index in [1.54, 1.807) is 21.0 Å². The van der Waals surface area contributed by atoms with Gasteiger partial charge >= 0.3 is 12.0 Å². The molecule has 0 aromatic heterocycles. The SMILES string of the molecule is CNC(=O)C(C)CN(C)C(=O)N1CCC(C)CC1C(=O)O. The molecule has 1 rings (SSSR count). The Morgan fingerprint density at radius 2 is 2.05 bits per heavy atom. The standard InChI is InChI=1S/C14H25N3O4/c1-9-5-6-17(11(7-9)13(19)20)14(21)16(4)8-10(2)12(18)15-3/h9-11H,5-8H2,1-4H3,(H,15,18)(H,19,20). The summed E-state index contributed by atoms with van der Waals surface area (Å²) in [5.41, 5.74) is 0. The summed E-state index contributed by atoms with van der Waals surface area (Å²) in [6.07, 6.45) is 1.27. The molecule has 0 saturated carbocycles. The van der Waals surface area contributed by atoms with Crippen molar-refractivity contribution in [3.8, 4) is 0 Å². The predicted octanol–water partition coefficient (Wildman–Crippen LogP) is 0.605. The molecule has 0 aromatic rings. The lowest BCUT2D eigenvalue weighted by Gasteiger charge is -2.38. The molecule has 1 saturated heterocycles. The van der Waals surface area contributed by atoms with Crippen LogP contribution in [0.2, 0.25) is 0 Å². The van der Waals surface area contributed by atoms with E-state index >= 15 is 0 Å². The zero-order chi connectivity index (χ0) is 16.2. The molecule has 3 atom stereocenters. The molecule has 21 heavy (non-hydrogen) atoms. The lowest BCUT2D eigenvalue weighted by atomic mass is 9.92. The van der Waals surface area contributed by atoms with Crippen LogP contribution in [0.15, 0.2) is 0 Å². The molecule has 1 fully saturated rings. The third kappa shape index (κ3) is 4.34. The van der Waals surface area contributed by atoms with E-state index in [0.717, 1.165) is 6.42 Å². The zero-order valence-corrected chi connectivity index (χ0v) is 13.1. The van der Waals surface area contributed by atoms with Gasteiger partial charge in [-0.2, -0.15) is 0 Å². The number of carboxylic acid groups (broad SMARTS) is 1. The van der Waals surface area contributed by atoms with Gasteiger partial charge in [-0.3, -0.25) is 4.79 Å². The van der Waals surface area contributed by atoms with Crippen LogP contribution >= 0.6 is 0 Å². The number of carbonyl (C=O) groups is 3. The molecule has 1 aliphatic rings. The molecule has 1 aliphatic heterocycles. The number of likely N-dealkylation sites (tertiary alicyclic amines) is 1. The van der Waals surface area contributed by atoms with Gasteiger partial charge in [-0.05, 0) is 18.8 Å². The first-order chi connectivity index (χ1) is 9.77. The van der Waals surface area contributed by atoms with E-state index in [4.69, 9.17) is 0 Å². The van der Waals surface area contributed by atoms with Gasteiger partial charge in [0.25, 0.3) is 0 Å². The maximum Gasteiger partial charge on any atom is 0.326 e. The molecular formula is C14H25N3O4. The second kappa shape index (κ2) is 7.28. The van der Waals surface area contributed by atoms with Gasteiger partial charge in [0, 0.05) is 27.2 Å². The quantitative estimate of drug-likeness (QED) is 0.795. The van der Waals surface area contributed by atoms with Crippen LogP contribution in [0.25, 0.3) is 0 Å². The largest absolute Gasteiger partial charge is 0.480 e. The Kier molecular flexibility index (Phi) is 5.99. The summed E-state index contributed by atoms with van der Waals surface area (Å²) >= 11 is 0. The molecule has 3 amide bonds. The Labute approximate surface area is 125 Å². The van der Waals surface area contributed by atoms with Crippen molar-refractivity contribution in [1.82, 2.24) is 15.1 Å². The molecule has 0 radical (unpaired) electrons. The number of hydrogen-bond acceptors (Lipinski definition) is 3. The van der Waals surface area contributed by atoms with Crippen molar-refractivity contribution in [3.05, 3.63) is 0 Å². The van der Waals surface area contributed by atoms with Crippen LogP contribution in [-0.2, 0) is 9.59 Å². The van der Waals surface area contributed by atoms with E-state index in [-0.39, 0.29) is 24.4 Å².